The first-order valence-corrected chi connectivity index (χ1v) is 8.77. The number of hydrogen-bond acceptors (Lipinski definition) is 4. The number of likely N-dealkylation sites (N-methyl/N-ethyl adjacent to an activating group) is 1. The van der Waals surface area contributed by atoms with Gasteiger partial charge in [0.2, 0.25) is 0 Å². The van der Waals surface area contributed by atoms with Crippen molar-refractivity contribution in [2.45, 2.75) is 25.7 Å². The summed E-state index contributed by atoms with van der Waals surface area (Å²) in [5.41, 5.74) is 1.21. The molecule has 6 nitrogen and oxygen atoms in total. The van der Waals surface area contributed by atoms with Crippen molar-refractivity contribution in [1.82, 2.24) is 10.2 Å². The van der Waals surface area contributed by atoms with Crippen LogP contribution in [0.2, 0.25) is 0 Å². The van der Waals surface area contributed by atoms with E-state index in [0.29, 0.717) is 0 Å². The Morgan fingerprint density at radius 3 is 2.42 bits per heavy atom. The van der Waals surface area contributed by atoms with Crippen LogP contribution in [0.4, 0.5) is 0 Å². The number of rotatable bonds is 11. The van der Waals surface area contributed by atoms with Gasteiger partial charge in [-0.05, 0) is 43.4 Å². The zero-order valence-electron chi connectivity index (χ0n) is 16.7. The number of methoxy groups -OCH3 is 3. The summed E-state index contributed by atoms with van der Waals surface area (Å²) in [7, 11) is 8.93. The lowest BCUT2D eigenvalue weighted by atomic mass is 10.1. The summed E-state index contributed by atoms with van der Waals surface area (Å²) in [5, 5.41) is 3.41. The van der Waals surface area contributed by atoms with Crippen molar-refractivity contribution in [3.63, 3.8) is 0 Å². The van der Waals surface area contributed by atoms with E-state index in [2.05, 4.69) is 28.3 Å². The largest absolute Gasteiger partial charge is 0.493 e. The predicted octanol–water partition coefficient (Wildman–Crippen LogP) is 3.19. The van der Waals surface area contributed by atoms with Crippen LogP contribution in [0.3, 0.4) is 0 Å². The smallest absolute Gasteiger partial charge is 0.193 e. The number of aliphatic imine (C=N–C) groups is 1. The van der Waals surface area contributed by atoms with E-state index >= 15 is 0 Å². The lowest BCUT2D eigenvalue weighted by Gasteiger charge is -2.22. The molecule has 0 heterocycles. The first-order chi connectivity index (χ1) is 12.2. The fraction of sp³-hybridized carbons (Fsp3) is 0.632. The summed E-state index contributed by atoms with van der Waals surface area (Å²) in [6, 6.07) is 6.04. The SMILES string of the molecule is CN=C(NCCCCCOC)N(C)CCc1ccc(OC)c(OC)c1.I. The molecule has 1 N–H and O–H groups in total. The Bertz CT molecular complexity index is 527. The van der Waals surface area contributed by atoms with Crippen molar-refractivity contribution in [2.24, 2.45) is 4.99 Å². The van der Waals surface area contributed by atoms with E-state index in [-0.39, 0.29) is 24.0 Å². The van der Waals surface area contributed by atoms with E-state index in [1.165, 1.54) is 5.56 Å². The molecule has 1 aromatic rings. The molecule has 0 spiro atoms. The Morgan fingerprint density at radius 1 is 1.08 bits per heavy atom. The lowest BCUT2D eigenvalue weighted by Crippen LogP contribution is -2.40. The number of unbranched alkanes of at least 4 members (excludes halogenated alkanes) is 2. The first-order valence-electron chi connectivity index (χ1n) is 8.77. The second-order valence-corrected chi connectivity index (χ2v) is 5.89. The van der Waals surface area contributed by atoms with Crippen LogP contribution in [-0.2, 0) is 11.2 Å². The molecule has 0 saturated carbocycles. The van der Waals surface area contributed by atoms with E-state index in [9.17, 15) is 0 Å². The van der Waals surface area contributed by atoms with E-state index < -0.39 is 0 Å². The maximum Gasteiger partial charge on any atom is 0.193 e. The average Bonchev–Trinajstić information content (AvgIpc) is 2.65. The zero-order chi connectivity index (χ0) is 18.5. The van der Waals surface area contributed by atoms with E-state index in [4.69, 9.17) is 14.2 Å². The van der Waals surface area contributed by atoms with Crippen LogP contribution in [0.15, 0.2) is 23.2 Å². The topological polar surface area (TPSA) is 55.3 Å². The molecule has 1 rings (SSSR count). The molecular weight excluding hydrogens is 445 g/mol. The first kappa shape index (κ1) is 24.8. The molecule has 0 aliphatic rings. The molecule has 0 atom stereocenters. The molecule has 150 valence electrons. The Kier molecular flexibility index (Phi) is 14.2. The van der Waals surface area contributed by atoms with Crippen LogP contribution in [-0.4, -0.2) is 66.0 Å². The van der Waals surface area contributed by atoms with Gasteiger partial charge in [0.25, 0.3) is 0 Å². The highest BCUT2D eigenvalue weighted by Crippen LogP contribution is 2.27. The number of nitrogens with zero attached hydrogens (tertiary/aromatic N) is 2. The summed E-state index contributed by atoms with van der Waals surface area (Å²) >= 11 is 0. The van der Waals surface area contributed by atoms with E-state index in [1.807, 2.05) is 19.2 Å². The Balaban J connectivity index is 0.00000625. The third-order valence-corrected chi connectivity index (χ3v) is 4.07. The monoisotopic (exact) mass is 479 g/mol. The highest BCUT2D eigenvalue weighted by Gasteiger charge is 2.08. The highest BCUT2D eigenvalue weighted by atomic mass is 127. The molecule has 7 heteroatoms. The molecule has 0 aliphatic carbocycles. The second-order valence-electron chi connectivity index (χ2n) is 5.89. The fourth-order valence-corrected chi connectivity index (χ4v) is 2.57. The van der Waals surface area contributed by atoms with E-state index in [1.54, 1.807) is 21.3 Å². The van der Waals surface area contributed by atoms with Crippen molar-refractivity contribution in [1.29, 1.82) is 0 Å². The van der Waals surface area contributed by atoms with Gasteiger partial charge in [-0.15, -0.1) is 24.0 Å². The predicted molar refractivity (Wildman–Crippen MR) is 118 cm³/mol. The van der Waals surface area contributed by atoms with Crippen LogP contribution < -0.4 is 14.8 Å². The van der Waals surface area contributed by atoms with Gasteiger partial charge in [-0.3, -0.25) is 4.99 Å². The molecule has 0 aliphatic heterocycles. The van der Waals surface area contributed by atoms with Crippen LogP contribution in [0.5, 0.6) is 11.5 Å². The molecular formula is C19H34IN3O3. The quantitative estimate of drug-likeness (QED) is 0.229. The van der Waals surface area contributed by atoms with Gasteiger partial charge < -0.3 is 24.4 Å². The molecule has 0 aromatic heterocycles. The van der Waals surface area contributed by atoms with Gasteiger partial charge in [-0.1, -0.05) is 6.07 Å². The Morgan fingerprint density at radius 2 is 1.81 bits per heavy atom. The van der Waals surface area contributed by atoms with Gasteiger partial charge in [-0.25, -0.2) is 0 Å². The van der Waals surface area contributed by atoms with Crippen molar-refractivity contribution < 1.29 is 14.2 Å². The van der Waals surface area contributed by atoms with Crippen LogP contribution >= 0.6 is 24.0 Å². The normalized spacial score (nSPS) is 10.9. The maximum absolute atomic E-state index is 5.36. The number of halogens is 1. The van der Waals surface area contributed by atoms with Gasteiger partial charge in [0.05, 0.1) is 14.2 Å². The summed E-state index contributed by atoms with van der Waals surface area (Å²) in [5.74, 6) is 2.44. The average molecular weight is 479 g/mol. The van der Waals surface area contributed by atoms with Gasteiger partial charge >= 0.3 is 0 Å². The summed E-state index contributed by atoms with van der Waals surface area (Å²) < 4.78 is 15.7. The molecule has 0 radical (unpaired) electrons. The molecule has 0 amide bonds. The van der Waals surface area contributed by atoms with Crippen molar-refractivity contribution in [3.05, 3.63) is 23.8 Å². The summed E-state index contributed by atoms with van der Waals surface area (Å²) in [6.45, 7) is 2.63. The van der Waals surface area contributed by atoms with Crippen LogP contribution in [0.25, 0.3) is 0 Å². The minimum absolute atomic E-state index is 0. The van der Waals surface area contributed by atoms with Crippen LogP contribution in [0.1, 0.15) is 24.8 Å². The number of hydrogen-bond donors (Lipinski definition) is 1. The number of benzene rings is 1. The Labute approximate surface area is 175 Å². The summed E-state index contributed by atoms with van der Waals surface area (Å²) in [6.07, 6.45) is 4.29. The molecule has 0 unspecified atom stereocenters. The minimum atomic E-state index is 0. The van der Waals surface area contributed by atoms with Gasteiger partial charge in [0.15, 0.2) is 17.5 Å². The molecule has 26 heavy (non-hydrogen) atoms. The number of ether oxygens (including phenoxy) is 3. The molecule has 0 fully saturated rings. The Hall–Kier alpha value is -1.22. The van der Waals surface area contributed by atoms with Gasteiger partial charge in [0.1, 0.15) is 0 Å². The second kappa shape index (κ2) is 14.9. The zero-order valence-corrected chi connectivity index (χ0v) is 19.0. The van der Waals surface area contributed by atoms with Crippen molar-refractivity contribution in [2.75, 3.05) is 55.1 Å². The standard InChI is InChI=1S/C19H33N3O3.HI/c1-20-19(21-12-7-6-8-14-23-3)22(2)13-11-16-9-10-17(24-4)18(15-16)25-5;/h9-10,15H,6-8,11-14H2,1-5H3,(H,20,21);1H. The third kappa shape index (κ3) is 8.93. The van der Waals surface area contributed by atoms with Gasteiger partial charge in [0, 0.05) is 40.9 Å². The molecule has 0 bridgehead atoms. The fourth-order valence-electron chi connectivity index (χ4n) is 2.57. The third-order valence-electron chi connectivity index (χ3n) is 4.07. The van der Waals surface area contributed by atoms with Crippen molar-refractivity contribution in [3.8, 4) is 11.5 Å². The van der Waals surface area contributed by atoms with Crippen LogP contribution in [0, 0.1) is 0 Å². The minimum Gasteiger partial charge on any atom is -0.493 e. The number of nitrogens with one attached hydrogen (secondary N) is 1. The highest BCUT2D eigenvalue weighted by molar-refractivity contribution is 14.0. The van der Waals surface area contributed by atoms with Gasteiger partial charge in [-0.2, -0.15) is 0 Å². The molecule has 0 saturated heterocycles. The molecule has 1 aromatic carbocycles. The lowest BCUT2D eigenvalue weighted by molar-refractivity contribution is 0.192. The van der Waals surface area contributed by atoms with E-state index in [0.717, 1.165) is 62.8 Å². The summed E-state index contributed by atoms with van der Waals surface area (Å²) in [4.78, 5) is 6.50. The maximum atomic E-state index is 5.36. The number of guanidine groups is 1. The van der Waals surface area contributed by atoms with Crippen molar-refractivity contribution >= 4 is 29.9 Å².